The number of nitrogens with two attached hydrogens (primary N) is 1. The third-order valence-corrected chi connectivity index (χ3v) is 10.7. The summed E-state index contributed by atoms with van der Waals surface area (Å²) in [5.41, 5.74) is 13.8. The van der Waals surface area contributed by atoms with Crippen LogP contribution >= 0.6 is 0 Å². The molecule has 5 atom stereocenters. The molecule has 0 radical (unpaired) electrons. The number of ether oxygens (including phenoxy) is 2. The van der Waals surface area contributed by atoms with Gasteiger partial charge in [-0.05, 0) is 136 Å². The predicted octanol–water partition coefficient (Wildman–Crippen LogP) is 8.64. The van der Waals surface area contributed by atoms with Crippen LogP contribution < -0.4 is 31.5 Å². The Balaban J connectivity index is 1.16. The van der Waals surface area contributed by atoms with Gasteiger partial charge < -0.3 is 41.0 Å². The zero-order valence-corrected chi connectivity index (χ0v) is 34.7. The molecule has 0 bridgehead atoms. The smallest absolute Gasteiger partial charge is 0.407 e. The highest BCUT2D eigenvalue weighted by atomic mass is 16.6. The van der Waals surface area contributed by atoms with Crippen LogP contribution in [0.25, 0.3) is 22.3 Å². The molecular formula is C46H54N6O7. The largest absolute Gasteiger partial charge is 0.447 e. The van der Waals surface area contributed by atoms with Crippen molar-refractivity contribution in [2.24, 2.45) is 0 Å². The van der Waals surface area contributed by atoms with Crippen molar-refractivity contribution in [3.05, 3.63) is 96.1 Å². The number of nitrogen functional groups attached to an aromatic ring is 1. The lowest BCUT2D eigenvalue weighted by molar-refractivity contribution is -0.120. The number of rotatable bonds is 10. The molecule has 0 fully saturated rings. The molecule has 0 saturated carbocycles. The fourth-order valence-corrected chi connectivity index (χ4v) is 8.17. The molecule has 4 aromatic carbocycles. The number of carbonyl (C=O) groups is 5. The van der Waals surface area contributed by atoms with Crippen molar-refractivity contribution in [3.63, 3.8) is 0 Å². The van der Waals surface area contributed by atoms with Crippen LogP contribution in [-0.2, 0) is 23.9 Å². The van der Waals surface area contributed by atoms with Gasteiger partial charge in [0.1, 0.15) is 6.10 Å². The average Bonchev–Trinajstić information content (AvgIpc) is 3.16. The van der Waals surface area contributed by atoms with Gasteiger partial charge in [0.15, 0.2) is 0 Å². The van der Waals surface area contributed by atoms with Gasteiger partial charge >= 0.3 is 12.2 Å². The van der Waals surface area contributed by atoms with Crippen molar-refractivity contribution in [2.45, 2.75) is 111 Å². The first kappa shape index (κ1) is 42.2. The van der Waals surface area contributed by atoms with E-state index in [9.17, 15) is 24.0 Å². The Hall–Kier alpha value is -6.37. The summed E-state index contributed by atoms with van der Waals surface area (Å²) in [6.45, 7) is 12.2. The highest BCUT2D eigenvalue weighted by Gasteiger charge is 2.36. The van der Waals surface area contributed by atoms with Crippen molar-refractivity contribution in [1.29, 1.82) is 0 Å². The van der Waals surface area contributed by atoms with E-state index in [1.54, 1.807) is 30.6 Å². The lowest BCUT2D eigenvalue weighted by Gasteiger charge is -2.40. The molecule has 13 heteroatoms. The van der Waals surface area contributed by atoms with Gasteiger partial charge in [0.25, 0.3) is 0 Å². The number of hydrogen-bond donors (Lipinski definition) is 4. The van der Waals surface area contributed by atoms with Crippen LogP contribution in [0.1, 0.15) is 97.4 Å². The molecule has 2 aliphatic heterocycles. The summed E-state index contributed by atoms with van der Waals surface area (Å²) < 4.78 is 11.2. The number of carbonyl (C=O) groups excluding carboxylic acids is 5. The van der Waals surface area contributed by atoms with Gasteiger partial charge in [-0.3, -0.25) is 14.4 Å². The van der Waals surface area contributed by atoms with Crippen LogP contribution in [0.3, 0.4) is 0 Å². The summed E-state index contributed by atoms with van der Waals surface area (Å²) in [6.07, 6.45) is -0.767. The first-order valence-electron chi connectivity index (χ1n) is 20.2. The monoisotopic (exact) mass is 802 g/mol. The average molecular weight is 803 g/mol. The normalized spacial score (nSPS) is 18.8. The molecule has 5 amide bonds. The van der Waals surface area contributed by atoms with Crippen LogP contribution in [0.15, 0.2) is 84.9 Å². The fraction of sp³-hybridized carbons (Fsp3) is 0.370. The van der Waals surface area contributed by atoms with Crippen molar-refractivity contribution >= 4 is 52.7 Å². The molecule has 0 aromatic heterocycles. The van der Waals surface area contributed by atoms with E-state index in [-0.39, 0.29) is 48.8 Å². The van der Waals surface area contributed by atoms with Crippen LogP contribution in [0.2, 0.25) is 0 Å². The van der Waals surface area contributed by atoms with Crippen molar-refractivity contribution in [1.82, 2.24) is 10.6 Å². The molecule has 1 unspecified atom stereocenters. The number of hydrogen-bond acceptors (Lipinski definition) is 8. The molecule has 310 valence electrons. The SMILES string of the molecule is CC(=O)Nc1cccc(-c2ccc3c(c2)[C@H](NC(=O)OC(C)C)C[C@H](C)N3C(=O)CCC(C)OC(=O)N[C@@H]2C[C@H](C)N(C(C)=O)c3ccc(-c4cccc(N)c4)cc32)c1. The van der Waals surface area contributed by atoms with E-state index in [1.165, 1.54) is 13.8 Å². The number of anilines is 4. The number of benzene rings is 4. The number of fused-ring (bicyclic) bond motifs is 2. The molecule has 0 saturated heterocycles. The fourth-order valence-electron chi connectivity index (χ4n) is 8.17. The van der Waals surface area contributed by atoms with Gasteiger partial charge in [-0.2, -0.15) is 0 Å². The van der Waals surface area contributed by atoms with Crippen LogP contribution in [0, 0.1) is 0 Å². The molecule has 4 aromatic rings. The van der Waals surface area contributed by atoms with E-state index < -0.39 is 30.4 Å². The van der Waals surface area contributed by atoms with Gasteiger partial charge in [0.2, 0.25) is 17.7 Å². The van der Waals surface area contributed by atoms with E-state index in [2.05, 4.69) is 16.0 Å². The second-order valence-electron chi connectivity index (χ2n) is 15.9. The molecule has 0 aliphatic carbocycles. The third kappa shape index (κ3) is 10.0. The lowest BCUT2D eigenvalue weighted by atomic mass is 9.88. The van der Waals surface area contributed by atoms with Crippen molar-refractivity contribution in [3.8, 4) is 22.3 Å². The minimum Gasteiger partial charge on any atom is -0.447 e. The zero-order chi connectivity index (χ0) is 42.5. The Morgan fingerprint density at radius 1 is 0.695 bits per heavy atom. The van der Waals surface area contributed by atoms with E-state index >= 15 is 0 Å². The maximum absolute atomic E-state index is 14.1. The molecule has 5 N–H and O–H groups in total. The topological polar surface area (TPSA) is 172 Å². The quantitative estimate of drug-likeness (QED) is 0.115. The minimum absolute atomic E-state index is 0.0882. The van der Waals surface area contributed by atoms with E-state index in [1.807, 2.05) is 98.8 Å². The number of nitrogens with zero attached hydrogens (tertiary/aromatic N) is 2. The summed E-state index contributed by atoms with van der Waals surface area (Å²) >= 11 is 0. The Morgan fingerprint density at radius 2 is 1.22 bits per heavy atom. The zero-order valence-electron chi connectivity index (χ0n) is 34.7. The summed E-state index contributed by atoms with van der Waals surface area (Å²) in [7, 11) is 0. The van der Waals surface area contributed by atoms with E-state index in [0.717, 1.165) is 39.1 Å². The Morgan fingerprint density at radius 3 is 1.78 bits per heavy atom. The summed E-state index contributed by atoms with van der Waals surface area (Å²) in [5, 5.41) is 8.86. The maximum Gasteiger partial charge on any atom is 0.407 e. The molecule has 2 heterocycles. The maximum atomic E-state index is 14.1. The highest BCUT2D eigenvalue weighted by molar-refractivity contribution is 5.97. The van der Waals surface area contributed by atoms with Gasteiger partial charge in [-0.1, -0.05) is 36.4 Å². The Bertz CT molecular complexity index is 2240. The summed E-state index contributed by atoms with van der Waals surface area (Å²) in [4.78, 5) is 68.3. The van der Waals surface area contributed by atoms with Crippen molar-refractivity contribution in [2.75, 3.05) is 20.9 Å². The van der Waals surface area contributed by atoms with Gasteiger partial charge in [0.05, 0.1) is 18.2 Å². The summed E-state index contributed by atoms with van der Waals surface area (Å²) in [6, 6.07) is 25.3. The Kier molecular flexibility index (Phi) is 12.9. The second-order valence-corrected chi connectivity index (χ2v) is 15.9. The first-order chi connectivity index (χ1) is 28.1. The predicted molar refractivity (Wildman–Crippen MR) is 230 cm³/mol. The number of amides is 5. The molecule has 2 aliphatic rings. The van der Waals surface area contributed by atoms with Crippen LogP contribution in [0.4, 0.5) is 32.3 Å². The lowest BCUT2D eigenvalue weighted by Crippen LogP contribution is -2.47. The van der Waals surface area contributed by atoms with Gasteiger partial charge in [-0.25, -0.2) is 9.59 Å². The second kappa shape index (κ2) is 18.0. The first-order valence-corrected chi connectivity index (χ1v) is 20.2. The van der Waals surface area contributed by atoms with E-state index in [0.29, 0.717) is 29.9 Å². The van der Waals surface area contributed by atoms with Crippen molar-refractivity contribution < 1.29 is 33.4 Å². The van der Waals surface area contributed by atoms with Crippen LogP contribution in [-0.4, -0.2) is 54.2 Å². The van der Waals surface area contributed by atoms with Crippen LogP contribution in [0.5, 0.6) is 0 Å². The standard InChI is InChI=1S/C46H54N6O7/c1-26(2)58-45(56)49-41-21-28(4)52(43-18-16-35(25-39(41)43)33-11-9-13-37(23-33)48-30(6)53)44(55)19-14-29(5)59-46(57)50-40-20-27(3)51(31(7)54)42-17-15-34(24-38(40)42)32-10-8-12-36(47)22-32/h8-13,15-18,22-29,40-41H,14,19-21,47H2,1-7H3,(H,48,53)(H,49,56)(H,50,57)/t27-,28-,29?,40+,41+/m0/s1. The highest BCUT2D eigenvalue weighted by Crippen LogP contribution is 2.42. The molecular weight excluding hydrogens is 749 g/mol. The number of nitrogens with one attached hydrogen (secondary N) is 3. The summed E-state index contributed by atoms with van der Waals surface area (Å²) in [5.74, 6) is -0.415. The molecule has 59 heavy (non-hydrogen) atoms. The van der Waals surface area contributed by atoms with Gasteiger partial charge in [0, 0.05) is 55.1 Å². The molecule has 6 rings (SSSR count). The minimum atomic E-state index is -0.618. The van der Waals surface area contributed by atoms with E-state index in [4.69, 9.17) is 15.2 Å². The van der Waals surface area contributed by atoms with Gasteiger partial charge in [-0.15, -0.1) is 0 Å². The number of alkyl carbamates (subject to hydrolysis) is 2. The third-order valence-electron chi connectivity index (χ3n) is 10.7. The molecule has 13 nitrogen and oxygen atoms in total. The Labute approximate surface area is 345 Å². The molecule has 0 spiro atoms.